The molecular formula is C22H29N3O4. The summed E-state index contributed by atoms with van der Waals surface area (Å²) < 4.78 is 6.26. The molecule has 29 heavy (non-hydrogen) atoms. The molecule has 7 nitrogen and oxygen atoms in total. The summed E-state index contributed by atoms with van der Waals surface area (Å²) in [6.07, 6.45) is 4.08. The number of amides is 3. The van der Waals surface area contributed by atoms with E-state index in [0.717, 1.165) is 43.7 Å². The van der Waals surface area contributed by atoms with Crippen LogP contribution in [-0.4, -0.2) is 58.8 Å². The molecular weight excluding hydrogens is 370 g/mol. The Bertz CT molecular complexity index is 824. The van der Waals surface area contributed by atoms with Crippen LogP contribution in [-0.2, 0) is 16.1 Å². The Morgan fingerprint density at radius 2 is 2.07 bits per heavy atom. The largest absolute Gasteiger partial charge is 0.489 e. The number of hydrogen-bond acceptors (Lipinski definition) is 5. The van der Waals surface area contributed by atoms with Gasteiger partial charge >= 0.3 is 0 Å². The molecule has 0 spiro atoms. The van der Waals surface area contributed by atoms with Crippen LogP contribution in [0, 0.1) is 0 Å². The van der Waals surface area contributed by atoms with Gasteiger partial charge in [-0.1, -0.05) is 6.92 Å². The van der Waals surface area contributed by atoms with Gasteiger partial charge in [-0.15, -0.1) is 0 Å². The number of fused-ring (bicyclic) bond motifs is 1. The maximum atomic E-state index is 12.8. The number of nitrogens with zero attached hydrogens (tertiary/aromatic N) is 2. The third kappa shape index (κ3) is 4.01. The quantitative estimate of drug-likeness (QED) is 0.767. The van der Waals surface area contributed by atoms with Crippen LogP contribution < -0.4 is 10.1 Å². The standard InChI is InChI=1S/C22H29N3O4/c1-3-14(2)24-10-4-5-17(13-24)29-16-6-7-18-15(11-16)12-25(22(18)28)19-8-9-20(26)23-21(19)27/h6-7,11,14,17,19H,3-5,8-10,12-13H2,1-2H3,(H,23,26,27)/t14-,17+,19?/m0/s1. The second-order valence-corrected chi connectivity index (χ2v) is 8.35. The molecule has 0 aliphatic carbocycles. The Kier molecular flexibility index (Phi) is 5.58. The summed E-state index contributed by atoms with van der Waals surface area (Å²) in [6.45, 7) is 6.89. The second kappa shape index (κ2) is 8.14. The Balaban J connectivity index is 1.44. The minimum absolute atomic E-state index is 0.151. The SMILES string of the molecule is CC[C@H](C)N1CCC[C@@H](Oc2ccc3c(c2)CN(C2CCC(=O)NC2=O)C3=O)C1. The van der Waals surface area contributed by atoms with Crippen molar-refractivity contribution < 1.29 is 19.1 Å². The Morgan fingerprint density at radius 1 is 1.24 bits per heavy atom. The predicted molar refractivity (Wildman–Crippen MR) is 107 cm³/mol. The van der Waals surface area contributed by atoms with Gasteiger partial charge in [0.25, 0.3) is 5.91 Å². The maximum Gasteiger partial charge on any atom is 0.255 e. The summed E-state index contributed by atoms with van der Waals surface area (Å²) in [5.41, 5.74) is 1.50. The van der Waals surface area contributed by atoms with Gasteiger partial charge < -0.3 is 9.64 Å². The van der Waals surface area contributed by atoms with E-state index >= 15 is 0 Å². The number of benzene rings is 1. The van der Waals surface area contributed by atoms with Crippen LogP contribution in [0.25, 0.3) is 0 Å². The van der Waals surface area contributed by atoms with Gasteiger partial charge in [-0.05, 0) is 62.9 Å². The zero-order valence-electron chi connectivity index (χ0n) is 17.1. The molecule has 1 aromatic carbocycles. The molecule has 2 fully saturated rings. The fourth-order valence-electron chi connectivity index (χ4n) is 4.54. The lowest BCUT2D eigenvalue weighted by Crippen LogP contribution is -2.52. The molecule has 3 atom stereocenters. The Labute approximate surface area is 171 Å². The number of nitrogens with one attached hydrogen (secondary N) is 1. The molecule has 3 aliphatic heterocycles. The van der Waals surface area contributed by atoms with Crippen molar-refractivity contribution in [1.82, 2.24) is 15.1 Å². The lowest BCUT2D eigenvalue weighted by atomic mass is 10.0. The van der Waals surface area contributed by atoms with Crippen LogP contribution in [0.1, 0.15) is 61.9 Å². The number of carbonyl (C=O) groups is 3. The van der Waals surface area contributed by atoms with Crippen LogP contribution in [0.5, 0.6) is 5.75 Å². The van der Waals surface area contributed by atoms with Crippen LogP contribution in [0.2, 0.25) is 0 Å². The van der Waals surface area contributed by atoms with E-state index in [1.807, 2.05) is 12.1 Å². The number of likely N-dealkylation sites (tertiary alicyclic amines) is 1. The van der Waals surface area contributed by atoms with E-state index in [2.05, 4.69) is 24.1 Å². The van der Waals surface area contributed by atoms with Gasteiger partial charge in [-0.2, -0.15) is 0 Å². The van der Waals surface area contributed by atoms with Crippen molar-refractivity contribution in [1.29, 1.82) is 0 Å². The molecule has 1 aromatic rings. The van der Waals surface area contributed by atoms with Gasteiger partial charge in [0.1, 0.15) is 17.9 Å². The summed E-state index contributed by atoms with van der Waals surface area (Å²) in [4.78, 5) is 40.4. The van der Waals surface area contributed by atoms with Crippen molar-refractivity contribution in [2.45, 2.75) is 70.7 Å². The molecule has 156 valence electrons. The summed E-state index contributed by atoms with van der Waals surface area (Å²) >= 11 is 0. The smallest absolute Gasteiger partial charge is 0.255 e. The van der Waals surface area contributed by atoms with E-state index in [1.54, 1.807) is 11.0 Å². The average molecular weight is 399 g/mol. The predicted octanol–water partition coefficient (Wildman–Crippen LogP) is 2.09. The number of carbonyl (C=O) groups excluding carboxylic acids is 3. The monoisotopic (exact) mass is 399 g/mol. The molecule has 4 rings (SSSR count). The first-order chi connectivity index (χ1) is 14.0. The molecule has 0 saturated carbocycles. The van der Waals surface area contributed by atoms with Crippen molar-refractivity contribution in [3.63, 3.8) is 0 Å². The minimum Gasteiger partial charge on any atom is -0.489 e. The zero-order valence-corrected chi connectivity index (χ0v) is 17.1. The van der Waals surface area contributed by atoms with Crippen LogP contribution in [0.3, 0.4) is 0 Å². The molecule has 1 unspecified atom stereocenters. The first-order valence-corrected chi connectivity index (χ1v) is 10.6. The van der Waals surface area contributed by atoms with Gasteiger partial charge in [0.2, 0.25) is 11.8 Å². The number of ether oxygens (including phenoxy) is 1. The second-order valence-electron chi connectivity index (χ2n) is 8.35. The molecule has 1 N–H and O–H groups in total. The third-order valence-electron chi connectivity index (χ3n) is 6.42. The minimum atomic E-state index is -0.584. The first-order valence-electron chi connectivity index (χ1n) is 10.6. The third-order valence-corrected chi connectivity index (χ3v) is 6.42. The van der Waals surface area contributed by atoms with Crippen LogP contribution >= 0.6 is 0 Å². The molecule has 3 amide bonds. The zero-order chi connectivity index (χ0) is 20.5. The normalized spacial score (nSPS) is 26.3. The molecule has 3 aliphatic rings. The molecule has 3 heterocycles. The van der Waals surface area contributed by atoms with E-state index in [9.17, 15) is 14.4 Å². The van der Waals surface area contributed by atoms with E-state index in [4.69, 9.17) is 4.74 Å². The molecule has 0 bridgehead atoms. The molecule has 7 heteroatoms. The van der Waals surface area contributed by atoms with Crippen molar-refractivity contribution in [2.75, 3.05) is 13.1 Å². The van der Waals surface area contributed by atoms with Crippen LogP contribution in [0.4, 0.5) is 0 Å². The highest BCUT2D eigenvalue weighted by Crippen LogP contribution is 2.31. The molecule has 2 saturated heterocycles. The van der Waals surface area contributed by atoms with E-state index in [-0.39, 0.29) is 30.2 Å². The maximum absolute atomic E-state index is 12.8. The fourth-order valence-corrected chi connectivity index (χ4v) is 4.54. The Morgan fingerprint density at radius 3 is 2.83 bits per heavy atom. The van der Waals surface area contributed by atoms with Gasteiger partial charge in [0, 0.05) is 31.1 Å². The van der Waals surface area contributed by atoms with Crippen molar-refractivity contribution in [3.05, 3.63) is 29.3 Å². The van der Waals surface area contributed by atoms with Gasteiger partial charge in [-0.25, -0.2) is 0 Å². The topological polar surface area (TPSA) is 79.0 Å². The van der Waals surface area contributed by atoms with Gasteiger partial charge in [-0.3, -0.25) is 24.6 Å². The van der Waals surface area contributed by atoms with E-state index in [1.165, 1.54) is 0 Å². The fraction of sp³-hybridized carbons (Fsp3) is 0.591. The van der Waals surface area contributed by atoms with E-state index in [0.29, 0.717) is 24.6 Å². The van der Waals surface area contributed by atoms with E-state index < -0.39 is 6.04 Å². The lowest BCUT2D eigenvalue weighted by molar-refractivity contribution is -0.136. The summed E-state index contributed by atoms with van der Waals surface area (Å²) in [5, 5.41) is 2.34. The number of rotatable bonds is 5. The van der Waals surface area contributed by atoms with Crippen molar-refractivity contribution in [3.8, 4) is 5.75 Å². The van der Waals surface area contributed by atoms with Crippen molar-refractivity contribution >= 4 is 17.7 Å². The molecule has 0 aromatic heterocycles. The highest BCUT2D eigenvalue weighted by molar-refractivity contribution is 6.05. The highest BCUT2D eigenvalue weighted by atomic mass is 16.5. The highest BCUT2D eigenvalue weighted by Gasteiger charge is 2.39. The van der Waals surface area contributed by atoms with Crippen molar-refractivity contribution in [2.24, 2.45) is 0 Å². The average Bonchev–Trinajstić information content (AvgIpc) is 3.03. The van der Waals surface area contributed by atoms with Crippen LogP contribution in [0.15, 0.2) is 18.2 Å². The summed E-state index contributed by atoms with van der Waals surface area (Å²) in [7, 11) is 0. The number of hydrogen-bond donors (Lipinski definition) is 1. The van der Waals surface area contributed by atoms with Gasteiger partial charge in [0.15, 0.2) is 0 Å². The lowest BCUT2D eigenvalue weighted by Gasteiger charge is -2.36. The van der Waals surface area contributed by atoms with Gasteiger partial charge in [0.05, 0.1) is 0 Å². The molecule has 0 radical (unpaired) electrons. The first kappa shape index (κ1) is 19.9. The summed E-state index contributed by atoms with van der Waals surface area (Å²) in [6, 6.07) is 5.56. The number of piperidine rings is 2. The summed E-state index contributed by atoms with van der Waals surface area (Å²) in [5.74, 6) is -0.0319. The number of imide groups is 1. The Hall–Kier alpha value is -2.41.